The summed E-state index contributed by atoms with van der Waals surface area (Å²) in [7, 11) is 0. The van der Waals surface area contributed by atoms with Gasteiger partial charge in [0, 0.05) is 18.6 Å². The van der Waals surface area contributed by atoms with Crippen molar-refractivity contribution in [2.45, 2.75) is 0 Å². The first kappa shape index (κ1) is 8.57. The maximum atomic E-state index is 8.55. The summed E-state index contributed by atoms with van der Waals surface area (Å²) in [5.41, 5.74) is 1.51. The van der Waals surface area contributed by atoms with Crippen LogP contribution < -0.4 is 0 Å². The Bertz CT molecular complexity index is 427. The Morgan fingerprint density at radius 1 is 1.42 bits per heavy atom. The molecule has 0 atom stereocenters. The maximum absolute atomic E-state index is 8.55. The minimum Gasteiger partial charge on any atom is -0.306 e. The molecule has 0 N–H and O–H groups in total. The quantitative estimate of drug-likeness (QED) is 0.617. The van der Waals surface area contributed by atoms with Crippen molar-refractivity contribution in [2.24, 2.45) is 0 Å². The van der Waals surface area contributed by atoms with Gasteiger partial charge < -0.3 is 4.40 Å². The van der Waals surface area contributed by atoms with E-state index in [1.54, 1.807) is 18.5 Å². The van der Waals surface area contributed by atoms with Crippen molar-refractivity contribution in [3.8, 4) is 6.07 Å². The normalized spacial score (nSPS) is 8.92. The molecule has 0 aliphatic heterocycles. The molecule has 0 amide bonds. The molecule has 4 heteroatoms. The second-order valence-electron chi connectivity index (χ2n) is 2.22. The molecule has 2 rings (SSSR count). The molecular formula is C8H6ClN3. The Hall–Kier alpha value is -1.53. The van der Waals surface area contributed by atoms with Gasteiger partial charge in [-0.15, -0.1) is 12.4 Å². The largest absolute Gasteiger partial charge is 0.306 e. The summed E-state index contributed by atoms with van der Waals surface area (Å²) in [5.74, 6) is 0. The summed E-state index contributed by atoms with van der Waals surface area (Å²) in [5, 5.41) is 8.55. The second kappa shape index (κ2) is 3.24. The molecule has 0 fully saturated rings. The zero-order chi connectivity index (χ0) is 7.68. The van der Waals surface area contributed by atoms with Crippen molar-refractivity contribution in [1.82, 2.24) is 9.38 Å². The van der Waals surface area contributed by atoms with E-state index >= 15 is 0 Å². The molecule has 2 aromatic heterocycles. The van der Waals surface area contributed by atoms with E-state index in [9.17, 15) is 0 Å². The van der Waals surface area contributed by atoms with E-state index < -0.39 is 0 Å². The molecule has 0 aromatic carbocycles. The highest BCUT2D eigenvalue weighted by atomic mass is 35.5. The Balaban J connectivity index is 0.000000720. The third-order valence-corrected chi connectivity index (χ3v) is 1.52. The predicted molar refractivity (Wildman–Crippen MR) is 47.2 cm³/mol. The minimum atomic E-state index is 0. The number of rotatable bonds is 0. The van der Waals surface area contributed by atoms with E-state index in [4.69, 9.17) is 5.26 Å². The number of hydrogen-bond acceptors (Lipinski definition) is 2. The standard InChI is InChI=1S/C8H5N3.ClH/c9-5-7-1-2-8-10-3-4-11(8)6-7;/h1-4,6H;1H. The molecule has 2 aromatic rings. The van der Waals surface area contributed by atoms with Gasteiger partial charge in [0.05, 0.1) is 5.56 Å². The molecule has 60 valence electrons. The maximum Gasteiger partial charge on any atom is 0.136 e. The van der Waals surface area contributed by atoms with Crippen LogP contribution in [0.1, 0.15) is 5.56 Å². The molecule has 3 nitrogen and oxygen atoms in total. The third kappa shape index (κ3) is 1.25. The van der Waals surface area contributed by atoms with Gasteiger partial charge in [-0.3, -0.25) is 0 Å². The van der Waals surface area contributed by atoms with Crippen LogP contribution >= 0.6 is 12.4 Å². The van der Waals surface area contributed by atoms with Gasteiger partial charge >= 0.3 is 0 Å². The van der Waals surface area contributed by atoms with Crippen LogP contribution in [0, 0.1) is 11.3 Å². The summed E-state index contributed by atoms with van der Waals surface area (Å²) < 4.78 is 1.82. The summed E-state index contributed by atoms with van der Waals surface area (Å²) in [6.45, 7) is 0. The summed E-state index contributed by atoms with van der Waals surface area (Å²) in [4.78, 5) is 4.05. The first-order valence-electron chi connectivity index (χ1n) is 3.23. The highest BCUT2D eigenvalue weighted by molar-refractivity contribution is 5.85. The highest BCUT2D eigenvalue weighted by Gasteiger charge is 1.93. The first-order chi connectivity index (χ1) is 5.40. The van der Waals surface area contributed by atoms with Crippen LogP contribution in [-0.4, -0.2) is 9.38 Å². The number of fused-ring (bicyclic) bond motifs is 1. The molecule has 12 heavy (non-hydrogen) atoms. The Labute approximate surface area is 75.7 Å². The van der Waals surface area contributed by atoms with Crippen molar-refractivity contribution in [3.63, 3.8) is 0 Å². The Morgan fingerprint density at radius 2 is 2.25 bits per heavy atom. The fraction of sp³-hybridized carbons (Fsp3) is 0. The van der Waals surface area contributed by atoms with Crippen molar-refractivity contribution in [3.05, 3.63) is 36.3 Å². The average molecular weight is 180 g/mol. The average Bonchev–Trinajstić information content (AvgIpc) is 2.50. The van der Waals surface area contributed by atoms with E-state index in [0.29, 0.717) is 5.56 Å². The van der Waals surface area contributed by atoms with Gasteiger partial charge in [0.1, 0.15) is 11.7 Å². The highest BCUT2D eigenvalue weighted by Crippen LogP contribution is 2.02. The smallest absolute Gasteiger partial charge is 0.136 e. The molecule has 0 spiro atoms. The lowest BCUT2D eigenvalue weighted by Crippen LogP contribution is -1.83. The fourth-order valence-electron chi connectivity index (χ4n) is 0.986. The zero-order valence-electron chi connectivity index (χ0n) is 6.14. The molecule has 0 saturated heterocycles. The molecule has 0 aliphatic rings. The van der Waals surface area contributed by atoms with E-state index in [1.165, 1.54) is 0 Å². The van der Waals surface area contributed by atoms with Crippen molar-refractivity contribution < 1.29 is 0 Å². The van der Waals surface area contributed by atoms with Gasteiger partial charge in [-0.25, -0.2) is 4.98 Å². The Kier molecular flexibility index (Phi) is 2.32. The van der Waals surface area contributed by atoms with Crippen molar-refractivity contribution in [1.29, 1.82) is 5.26 Å². The predicted octanol–water partition coefficient (Wildman–Crippen LogP) is 1.63. The number of pyridine rings is 1. The molecule has 0 bridgehead atoms. The van der Waals surface area contributed by atoms with Gasteiger partial charge in [-0.05, 0) is 12.1 Å². The van der Waals surface area contributed by atoms with Gasteiger partial charge in [-0.1, -0.05) is 0 Å². The zero-order valence-corrected chi connectivity index (χ0v) is 6.95. The monoisotopic (exact) mass is 179 g/mol. The molecule has 0 aliphatic carbocycles. The lowest BCUT2D eigenvalue weighted by Gasteiger charge is -1.91. The summed E-state index contributed by atoms with van der Waals surface area (Å²) in [6, 6.07) is 5.63. The SMILES string of the molecule is Cl.N#Cc1ccc2nccn2c1. The van der Waals surface area contributed by atoms with Crippen LogP contribution in [0.15, 0.2) is 30.7 Å². The van der Waals surface area contributed by atoms with Crippen molar-refractivity contribution in [2.75, 3.05) is 0 Å². The van der Waals surface area contributed by atoms with E-state index in [-0.39, 0.29) is 12.4 Å². The summed E-state index contributed by atoms with van der Waals surface area (Å²) in [6.07, 6.45) is 5.27. The number of hydrogen-bond donors (Lipinski definition) is 0. The lowest BCUT2D eigenvalue weighted by atomic mass is 10.3. The number of nitriles is 1. The minimum absolute atomic E-state index is 0. The van der Waals surface area contributed by atoms with Crippen molar-refractivity contribution >= 4 is 18.1 Å². The van der Waals surface area contributed by atoms with Crippen LogP contribution in [0.4, 0.5) is 0 Å². The van der Waals surface area contributed by atoms with Gasteiger partial charge in [0.15, 0.2) is 0 Å². The second-order valence-corrected chi connectivity index (χ2v) is 2.22. The molecule has 2 heterocycles. The number of halogens is 1. The number of nitrogens with zero attached hydrogens (tertiary/aromatic N) is 3. The van der Waals surface area contributed by atoms with E-state index in [2.05, 4.69) is 11.1 Å². The third-order valence-electron chi connectivity index (χ3n) is 1.52. The van der Waals surface area contributed by atoms with E-state index in [0.717, 1.165) is 5.65 Å². The van der Waals surface area contributed by atoms with Gasteiger partial charge in [0.25, 0.3) is 0 Å². The summed E-state index contributed by atoms with van der Waals surface area (Å²) >= 11 is 0. The first-order valence-corrected chi connectivity index (χ1v) is 3.23. The molecule has 0 unspecified atom stereocenters. The molecule has 0 radical (unpaired) electrons. The number of aromatic nitrogens is 2. The van der Waals surface area contributed by atoms with Gasteiger partial charge in [-0.2, -0.15) is 5.26 Å². The molecular weight excluding hydrogens is 174 g/mol. The van der Waals surface area contributed by atoms with Gasteiger partial charge in [0.2, 0.25) is 0 Å². The van der Waals surface area contributed by atoms with Crippen LogP contribution in [0.3, 0.4) is 0 Å². The Morgan fingerprint density at radius 3 is 3.00 bits per heavy atom. The fourth-order valence-corrected chi connectivity index (χ4v) is 0.986. The molecule has 0 saturated carbocycles. The van der Waals surface area contributed by atoms with Crippen LogP contribution in [0.25, 0.3) is 5.65 Å². The van der Waals surface area contributed by atoms with Crippen LogP contribution in [0.2, 0.25) is 0 Å². The topological polar surface area (TPSA) is 41.1 Å². The lowest BCUT2D eigenvalue weighted by molar-refractivity contribution is 1.17. The van der Waals surface area contributed by atoms with Crippen LogP contribution in [0.5, 0.6) is 0 Å². The number of imidazole rings is 1. The van der Waals surface area contributed by atoms with E-state index in [1.807, 2.05) is 16.7 Å². The van der Waals surface area contributed by atoms with Crippen LogP contribution in [-0.2, 0) is 0 Å².